The first kappa shape index (κ1) is 32.4. The summed E-state index contributed by atoms with van der Waals surface area (Å²) in [4.78, 5) is 30.2. The van der Waals surface area contributed by atoms with Crippen LogP contribution in [0.3, 0.4) is 0 Å². The summed E-state index contributed by atoms with van der Waals surface area (Å²) in [5, 5.41) is 0.625. The predicted molar refractivity (Wildman–Crippen MR) is 153 cm³/mol. The highest BCUT2D eigenvalue weighted by Crippen LogP contribution is 2.39. The lowest BCUT2D eigenvalue weighted by atomic mass is 9.93. The number of methoxy groups -OCH3 is 1. The van der Waals surface area contributed by atoms with E-state index in [0.29, 0.717) is 22.9 Å². The van der Waals surface area contributed by atoms with Gasteiger partial charge in [-0.1, -0.05) is 29.3 Å². The van der Waals surface area contributed by atoms with E-state index in [9.17, 15) is 31.2 Å². The molecular formula is C28H32Cl2F3N3O5S. The van der Waals surface area contributed by atoms with Crippen LogP contribution in [0.1, 0.15) is 47.2 Å². The van der Waals surface area contributed by atoms with Crippen LogP contribution in [-0.4, -0.2) is 86.5 Å². The van der Waals surface area contributed by atoms with Gasteiger partial charge in [-0.2, -0.15) is 13.2 Å². The van der Waals surface area contributed by atoms with Crippen LogP contribution in [0.5, 0.6) is 5.75 Å². The molecule has 0 saturated carbocycles. The Labute approximate surface area is 253 Å². The molecule has 2 aromatic rings. The molecule has 2 fully saturated rings. The van der Waals surface area contributed by atoms with Crippen molar-refractivity contribution in [1.29, 1.82) is 0 Å². The fourth-order valence-corrected chi connectivity index (χ4v) is 7.11. The summed E-state index contributed by atoms with van der Waals surface area (Å²) in [6.45, 7) is 2.45. The van der Waals surface area contributed by atoms with Gasteiger partial charge in [0.1, 0.15) is 5.75 Å². The molecule has 8 nitrogen and oxygen atoms in total. The van der Waals surface area contributed by atoms with Crippen LogP contribution in [-0.2, 0) is 21.0 Å². The molecule has 14 heteroatoms. The smallest absolute Gasteiger partial charge is 0.419 e. The molecule has 2 amide bonds. The van der Waals surface area contributed by atoms with Crippen molar-refractivity contribution >= 4 is 45.0 Å². The van der Waals surface area contributed by atoms with Gasteiger partial charge in [-0.15, -0.1) is 0 Å². The fourth-order valence-electron chi connectivity index (χ4n) is 5.67. The van der Waals surface area contributed by atoms with E-state index in [2.05, 4.69) is 0 Å². The van der Waals surface area contributed by atoms with Crippen molar-refractivity contribution in [3.8, 4) is 5.75 Å². The second kappa shape index (κ2) is 12.6. The van der Waals surface area contributed by atoms with E-state index < -0.39 is 51.3 Å². The Hall–Kier alpha value is -2.54. The lowest BCUT2D eigenvalue weighted by molar-refractivity contribution is -0.139. The largest absolute Gasteiger partial charge is 0.496 e. The summed E-state index contributed by atoms with van der Waals surface area (Å²) < 4.78 is 71.7. The van der Waals surface area contributed by atoms with Crippen LogP contribution in [0.15, 0.2) is 36.4 Å². The van der Waals surface area contributed by atoms with Crippen molar-refractivity contribution in [1.82, 2.24) is 14.1 Å². The van der Waals surface area contributed by atoms with Gasteiger partial charge in [0, 0.05) is 50.6 Å². The zero-order valence-corrected chi connectivity index (χ0v) is 25.7. The van der Waals surface area contributed by atoms with Gasteiger partial charge in [-0.05, 0) is 55.7 Å². The number of sulfonamides is 1. The molecule has 2 aliphatic heterocycles. The van der Waals surface area contributed by atoms with Gasteiger partial charge < -0.3 is 14.5 Å². The van der Waals surface area contributed by atoms with Gasteiger partial charge in [0.2, 0.25) is 15.9 Å². The molecule has 230 valence electrons. The molecule has 2 aromatic carbocycles. The lowest BCUT2D eigenvalue weighted by Gasteiger charge is -2.32. The molecule has 0 bridgehead atoms. The summed E-state index contributed by atoms with van der Waals surface area (Å²) in [6, 6.07) is 7.59. The maximum Gasteiger partial charge on any atom is 0.419 e. The third-order valence-electron chi connectivity index (χ3n) is 8.10. The first-order valence-corrected chi connectivity index (χ1v) is 15.8. The zero-order valence-electron chi connectivity index (χ0n) is 23.3. The third kappa shape index (κ3) is 6.66. The van der Waals surface area contributed by atoms with E-state index in [1.165, 1.54) is 22.3 Å². The number of benzene rings is 2. The lowest BCUT2D eigenvalue weighted by Crippen LogP contribution is -2.45. The first-order chi connectivity index (χ1) is 19.7. The number of carbonyl (C=O) groups is 2. The van der Waals surface area contributed by atoms with Crippen LogP contribution >= 0.6 is 23.2 Å². The van der Waals surface area contributed by atoms with Crippen LogP contribution in [0.25, 0.3) is 0 Å². The van der Waals surface area contributed by atoms with E-state index >= 15 is 0 Å². The minimum atomic E-state index is -4.73. The Morgan fingerprint density at radius 1 is 1.05 bits per heavy atom. The summed E-state index contributed by atoms with van der Waals surface area (Å²) in [5.41, 5.74) is -0.517. The summed E-state index contributed by atoms with van der Waals surface area (Å²) in [7, 11) is -0.733. The molecule has 0 radical (unpaired) electrons. The van der Waals surface area contributed by atoms with Crippen molar-refractivity contribution in [3.05, 3.63) is 63.1 Å². The van der Waals surface area contributed by atoms with E-state index in [1.54, 1.807) is 30.0 Å². The molecule has 0 N–H and O–H groups in total. The minimum Gasteiger partial charge on any atom is -0.496 e. The van der Waals surface area contributed by atoms with Crippen LogP contribution in [0.2, 0.25) is 10.0 Å². The van der Waals surface area contributed by atoms with Gasteiger partial charge in [-0.25, -0.2) is 12.7 Å². The van der Waals surface area contributed by atoms with Gasteiger partial charge >= 0.3 is 6.18 Å². The maximum absolute atomic E-state index is 13.7. The van der Waals surface area contributed by atoms with Gasteiger partial charge in [0.25, 0.3) is 5.91 Å². The summed E-state index contributed by atoms with van der Waals surface area (Å²) in [6.07, 6.45) is -3.99. The first-order valence-electron chi connectivity index (χ1n) is 13.4. The molecular weight excluding hydrogens is 618 g/mol. The minimum absolute atomic E-state index is 0.0101. The molecule has 0 spiro atoms. The van der Waals surface area contributed by atoms with Crippen LogP contribution in [0, 0.1) is 5.92 Å². The second-order valence-corrected chi connectivity index (χ2v) is 13.6. The van der Waals surface area contributed by atoms with Crippen molar-refractivity contribution < 1.29 is 35.9 Å². The van der Waals surface area contributed by atoms with Gasteiger partial charge in [0.15, 0.2) is 0 Å². The number of hydrogen-bond acceptors (Lipinski definition) is 5. The topological polar surface area (TPSA) is 87.2 Å². The molecule has 0 aliphatic carbocycles. The second-order valence-electron chi connectivity index (χ2n) is 10.5. The van der Waals surface area contributed by atoms with Crippen molar-refractivity contribution in [3.63, 3.8) is 0 Å². The maximum atomic E-state index is 13.7. The number of alkyl halides is 3. The molecule has 2 heterocycles. The Kier molecular flexibility index (Phi) is 9.71. The molecule has 2 aliphatic rings. The molecule has 0 unspecified atom stereocenters. The molecule has 2 atom stereocenters. The highest BCUT2D eigenvalue weighted by atomic mass is 35.5. The Bertz CT molecular complexity index is 1450. The highest BCUT2D eigenvalue weighted by molar-refractivity contribution is 7.89. The Balaban J connectivity index is 1.60. The van der Waals surface area contributed by atoms with Crippen molar-refractivity contribution in [2.45, 2.75) is 37.9 Å². The average Bonchev–Trinajstić information content (AvgIpc) is 3.42. The SMILES string of the molecule is CCS(=O)(=O)N1CCC(C(=O)N2C[C@@H](N(C)C(=O)c3ccc(OC)c(C(F)(F)F)c3)[C@H](c3ccc(Cl)c(Cl)c3)C2)CC1. The normalized spacial score (nSPS) is 20.5. The van der Waals surface area contributed by atoms with Crippen LogP contribution < -0.4 is 4.74 Å². The number of carbonyl (C=O) groups excluding carboxylic acids is 2. The summed E-state index contributed by atoms with van der Waals surface area (Å²) in [5.74, 6) is -2.00. The standard InChI is InChI=1S/C28H32Cl2F3N3O5S/c1-4-42(39,40)36-11-9-17(10-12-36)27(38)35-15-20(18-5-7-22(29)23(30)14-18)24(16-35)34(2)26(37)19-6-8-25(41-3)21(13-19)28(31,32)33/h5-8,13-14,17,20,24H,4,9-12,15-16H2,1-3H3/t20-,24+/m0/s1. The monoisotopic (exact) mass is 649 g/mol. The van der Waals surface area contributed by atoms with Crippen molar-refractivity contribution in [2.24, 2.45) is 5.92 Å². The number of amides is 2. The number of nitrogens with zero attached hydrogens (tertiary/aromatic N) is 3. The number of hydrogen-bond donors (Lipinski definition) is 0. The average molecular weight is 651 g/mol. The number of likely N-dealkylation sites (tertiary alicyclic amines) is 1. The number of ether oxygens (including phenoxy) is 1. The van der Waals surface area contributed by atoms with Crippen LogP contribution in [0.4, 0.5) is 13.2 Å². The molecule has 42 heavy (non-hydrogen) atoms. The number of likely N-dealkylation sites (N-methyl/N-ethyl adjacent to an activating group) is 1. The zero-order chi connectivity index (χ0) is 31.0. The Morgan fingerprint density at radius 3 is 2.29 bits per heavy atom. The van der Waals surface area contributed by atoms with Gasteiger partial charge in [0.05, 0.1) is 34.5 Å². The predicted octanol–water partition coefficient (Wildman–Crippen LogP) is 5.15. The fraction of sp³-hybridized carbons (Fsp3) is 0.500. The number of rotatable bonds is 7. The van der Waals surface area contributed by atoms with E-state index in [1.807, 2.05) is 0 Å². The van der Waals surface area contributed by atoms with E-state index in [0.717, 1.165) is 24.8 Å². The van der Waals surface area contributed by atoms with Gasteiger partial charge in [-0.3, -0.25) is 9.59 Å². The quantitative estimate of drug-likeness (QED) is 0.414. The number of halogens is 5. The van der Waals surface area contributed by atoms with E-state index in [-0.39, 0.29) is 43.4 Å². The Morgan fingerprint density at radius 2 is 1.71 bits per heavy atom. The third-order valence-corrected chi connectivity index (χ3v) is 10.7. The van der Waals surface area contributed by atoms with Crippen molar-refractivity contribution in [2.75, 3.05) is 46.1 Å². The number of piperidine rings is 1. The molecule has 0 aromatic heterocycles. The van der Waals surface area contributed by atoms with E-state index in [4.69, 9.17) is 27.9 Å². The summed E-state index contributed by atoms with van der Waals surface area (Å²) >= 11 is 12.4. The highest BCUT2D eigenvalue weighted by Gasteiger charge is 2.43. The molecule has 2 saturated heterocycles. The molecule has 4 rings (SSSR count).